The van der Waals surface area contributed by atoms with Crippen molar-refractivity contribution in [2.45, 2.75) is 0 Å². The summed E-state index contributed by atoms with van der Waals surface area (Å²) in [7, 11) is 8.68. The third-order valence-corrected chi connectivity index (χ3v) is 0. The van der Waals surface area contributed by atoms with E-state index in [4.69, 9.17) is 0 Å². The molecule has 0 aromatic heterocycles. The van der Waals surface area contributed by atoms with Gasteiger partial charge in [0, 0.05) is 0 Å². The van der Waals surface area contributed by atoms with Crippen LogP contribution in [0.5, 0.6) is 0 Å². The molecule has 0 N–H and O–H groups in total. The summed E-state index contributed by atoms with van der Waals surface area (Å²) in [6.45, 7) is 0. The van der Waals surface area contributed by atoms with E-state index < -0.39 is 0 Å². The van der Waals surface area contributed by atoms with Gasteiger partial charge in [-0.05, 0) is 0 Å². The van der Waals surface area contributed by atoms with Crippen LogP contribution in [0, 0.1) is 0 Å². The number of hydrogen-bond donors (Lipinski definition) is 0. The van der Waals surface area contributed by atoms with Crippen LogP contribution in [-0.2, 0) is 14.9 Å². The minimum absolute atomic E-state index is 0. The summed E-state index contributed by atoms with van der Waals surface area (Å²) in [5, 5.41) is 0. The van der Waals surface area contributed by atoms with Gasteiger partial charge in [-0.15, -0.1) is 0 Å². The van der Waals surface area contributed by atoms with E-state index in [1.54, 1.807) is 0 Å². The Bertz CT molecular complexity index is 32.5. The third-order valence-electron chi connectivity index (χ3n) is 0. The molecule has 0 nitrogen and oxygen atoms in total. The zero-order chi connectivity index (χ0) is 2.71. The molecule has 34 valence electrons. The van der Waals surface area contributed by atoms with Gasteiger partial charge in [-0.3, -0.25) is 0 Å². The number of rotatable bonds is 0. The molecule has 0 aromatic rings. The molecule has 0 heterocycles. The van der Waals surface area contributed by atoms with Crippen molar-refractivity contribution in [1.82, 2.24) is 0 Å². The standard InChI is InChI=1S/Ca.2FH.Mo.2S/h;2*1H;;;/q+2;;;;;/p-2. The maximum atomic E-state index is 4.34. The maximum absolute atomic E-state index is 4.34. The molecule has 0 saturated carbocycles. The zero-order valence-corrected chi connectivity index (χ0v) is 8.54. The predicted molar refractivity (Wildman–Crippen MR) is 20.9 cm³/mol. The van der Waals surface area contributed by atoms with Gasteiger partial charge in [0.15, 0.2) is 0 Å². The summed E-state index contributed by atoms with van der Waals surface area (Å²) in [5.41, 5.74) is 0. The molecule has 0 aliphatic carbocycles. The second kappa shape index (κ2) is 26.8. The fourth-order valence-corrected chi connectivity index (χ4v) is 0. The zero-order valence-electron chi connectivity index (χ0n) is 2.69. The van der Waals surface area contributed by atoms with E-state index >= 15 is 0 Å². The topological polar surface area (TPSA) is 0 Å². The first-order valence-corrected chi connectivity index (χ1v) is 5.92. The van der Waals surface area contributed by atoms with E-state index in [0.717, 1.165) is 0 Å². The van der Waals surface area contributed by atoms with Crippen molar-refractivity contribution < 1.29 is 24.3 Å². The molecule has 0 aliphatic heterocycles. The van der Waals surface area contributed by atoms with Gasteiger partial charge in [-0.2, -0.15) is 0 Å². The van der Waals surface area contributed by atoms with E-state index in [1.165, 1.54) is 0 Å². The molecule has 6 heteroatoms. The van der Waals surface area contributed by atoms with E-state index in [-0.39, 0.29) is 62.1 Å². The minimum atomic E-state index is -0.363. The van der Waals surface area contributed by atoms with E-state index in [2.05, 4.69) is 19.6 Å². The summed E-state index contributed by atoms with van der Waals surface area (Å²) in [6.07, 6.45) is 0. The SMILES string of the molecule is [Ca+2].[F-].[F-].[S]=[Mo]=[S]. The van der Waals surface area contributed by atoms with Gasteiger partial charge in [0.2, 0.25) is 0 Å². The van der Waals surface area contributed by atoms with Gasteiger partial charge in [0.05, 0.1) is 0 Å². The van der Waals surface area contributed by atoms with Crippen molar-refractivity contribution in [3.8, 4) is 0 Å². The van der Waals surface area contributed by atoms with Crippen LogP contribution in [0.3, 0.4) is 0 Å². The Balaban J connectivity index is -0.00000000667. The van der Waals surface area contributed by atoms with Crippen molar-refractivity contribution in [2.75, 3.05) is 0 Å². The van der Waals surface area contributed by atoms with Gasteiger partial charge < -0.3 is 9.41 Å². The third kappa shape index (κ3) is 34.1. The summed E-state index contributed by atoms with van der Waals surface area (Å²) in [6, 6.07) is 0. The van der Waals surface area contributed by atoms with Crippen LogP contribution in [0.25, 0.3) is 0 Å². The van der Waals surface area contributed by atoms with Gasteiger partial charge in [-0.25, -0.2) is 0 Å². The quantitative estimate of drug-likeness (QED) is 0.387. The predicted octanol–water partition coefficient (Wildman–Crippen LogP) is -5.08. The van der Waals surface area contributed by atoms with Crippen LogP contribution >= 0.6 is 19.6 Å². The van der Waals surface area contributed by atoms with Crippen LogP contribution in [-0.4, -0.2) is 37.7 Å². The molecule has 6 heavy (non-hydrogen) atoms. The van der Waals surface area contributed by atoms with Crippen molar-refractivity contribution in [1.29, 1.82) is 0 Å². The Morgan fingerprint density at radius 2 is 1.00 bits per heavy atom. The Kier molecular flexibility index (Phi) is 107. The van der Waals surface area contributed by atoms with E-state index in [1.807, 2.05) is 0 Å². The summed E-state index contributed by atoms with van der Waals surface area (Å²) >= 11 is -0.363. The molecule has 0 radical (unpaired) electrons. The van der Waals surface area contributed by atoms with Gasteiger partial charge in [0.25, 0.3) is 0 Å². The first-order valence-electron chi connectivity index (χ1n) is 0.333. The average molecular weight is 238 g/mol. The molecule has 0 aliphatic rings. The molecular weight excluding hydrogens is 238 g/mol. The van der Waals surface area contributed by atoms with Crippen molar-refractivity contribution in [2.24, 2.45) is 0 Å². The first kappa shape index (κ1) is 24.0. The fourth-order valence-electron chi connectivity index (χ4n) is 0. The molecule has 0 saturated heterocycles. The molecule has 0 rings (SSSR count). The van der Waals surface area contributed by atoms with E-state index in [0.29, 0.717) is 0 Å². The van der Waals surface area contributed by atoms with Crippen LogP contribution in [0.2, 0.25) is 0 Å². The van der Waals surface area contributed by atoms with E-state index in [9.17, 15) is 0 Å². The summed E-state index contributed by atoms with van der Waals surface area (Å²) in [5.74, 6) is 0. The van der Waals surface area contributed by atoms with Gasteiger partial charge in [0.1, 0.15) is 0 Å². The Morgan fingerprint density at radius 3 is 1.00 bits per heavy atom. The monoisotopic (exact) mass is 240 g/mol. The second-order valence-corrected chi connectivity index (χ2v) is 3.62. The molecule has 0 atom stereocenters. The first-order chi connectivity index (χ1) is 1.41. The molecule has 0 bridgehead atoms. The molecule has 0 spiro atoms. The Labute approximate surface area is 80.2 Å². The van der Waals surface area contributed by atoms with Crippen LogP contribution in [0.4, 0.5) is 0 Å². The van der Waals surface area contributed by atoms with Crippen molar-refractivity contribution >= 4 is 57.4 Å². The van der Waals surface area contributed by atoms with Crippen molar-refractivity contribution in [3.63, 3.8) is 0 Å². The second-order valence-electron chi connectivity index (χ2n) is 0.0680. The van der Waals surface area contributed by atoms with Crippen LogP contribution in [0.1, 0.15) is 0 Å². The molecule has 0 unspecified atom stereocenters. The summed E-state index contributed by atoms with van der Waals surface area (Å²) in [4.78, 5) is 0. The van der Waals surface area contributed by atoms with Gasteiger partial charge in [-0.1, -0.05) is 0 Å². The summed E-state index contributed by atoms with van der Waals surface area (Å²) < 4.78 is 0. The molecule has 0 amide bonds. The molecular formula is CaF2MoS2. The Hall–Kier alpha value is 2.25. The molecule has 0 fully saturated rings. The fraction of sp³-hybridized carbons (Fsp3) is 0. The van der Waals surface area contributed by atoms with Gasteiger partial charge >= 0.3 is 72.3 Å². The van der Waals surface area contributed by atoms with Crippen LogP contribution in [0.15, 0.2) is 0 Å². The van der Waals surface area contributed by atoms with Crippen molar-refractivity contribution in [3.05, 3.63) is 0 Å². The Morgan fingerprint density at radius 1 is 1.00 bits per heavy atom. The number of hydrogen-bond acceptors (Lipinski definition) is 2. The number of halogens is 2. The molecule has 0 aromatic carbocycles. The van der Waals surface area contributed by atoms with Crippen LogP contribution < -0.4 is 9.41 Å². The average Bonchev–Trinajstić information content (AvgIpc) is 0.918. The normalized spacial score (nSPS) is 2.00.